The molecule has 1 aliphatic heterocycles. The predicted molar refractivity (Wildman–Crippen MR) is 99.8 cm³/mol. The van der Waals surface area contributed by atoms with Crippen molar-refractivity contribution in [2.75, 3.05) is 13.1 Å². The van der Waals surface area contributed by atoms with E-state index in [0.717, 1.165) is 41.2 Å². The molecule has 0 N–H and O–H groups in total. The summed E-state index contributed by atoms with van der Waals surface area (Å²) in [6, 6.07) is 9.98. The van der Waals surface area contributed by atoms with Crippen LogP contribution in [0.4, 0.5) is 0 Å². The molecule has 0 radical (unpaired) electrons. The molecule has 4 rings (SSSR count). The number of fused-ring (bicyclic) bond motifs is 1. The van der Waals surface area contributed by atoms with E-state index in [1.807, 2.05) is 60.0 Å². The van der Waals surface area contributed by atoms with Gasteiger partial charge in [0.1, 0.15) is 5.82 Å². The standard InChI is InChI=1S/C20H23N5O/c1-14-11-15(2)23-20(22-14)16-7-9-24(12-16)19(26)8-10-25-13-21-17-5-3-4-6-18(17)25/h3-6,11,13,16H,7-10,12H2,1-2H3/t16-/m1/s1. The van der Waals surface area contributed by atoms with E-state index in [1.54, 1.807) is 0 Å². The van der Waals surface area contributed by atoms with Crippen LogP contribution in [0.3, 0.4) is 0 Å². The molecule has 0 bridgehead atoms. The Hall–Kier alpha value is -2.76. The lowest BCUT2D eigenvalue weighted by atomic mass is 10.1. The molecule has 26 heavy (non-hydrogen) atoms. The van der Waals surface area contributed by atoms with Gasteiger partial charge in [0.15, 0.2) is 0 Å². The van der Waals surface area contributed by atoms with Crippen LogP contribution in [0, 0.1) is 13.8 Å². The van der Waals surface area contributed by atoms with Gasteiger partial charge in [0.2, 0.25) is 5.91 Å². The number of para-hydroxylation sites is 2. The maximum absolute atomic E-state index is 12.6. The van der Waals surface area contributed by atoms with E-state index in [1.165, 1.54) is 0 Å². The van der Waals surface area contributed by atoms with E-state index in [2.05, 4.69) is 15.0 Å². The molecule has 134 valence electrons. The zero-order chi connectivity index (χ0) is 18.1. The molecule has 2 aromatic heterocycles. The van der Waals surface area contributed by atoms with Gasteiger partial charge in [-0.05, 0) is 38.5 Å². The third-order valence-corrected chi connectivity index (χ3v) is 5.00. The van der Waals surface area contributed by atoms with Gasteiger partial charge in [-0.3, -0.25) is 4.79 Å². The number of hydrogen-bond donors (Lipinski definition) is 0. The van der Waals surface area contributed by atoms with Crippen LogP contribution in [0.15, 0.2) is 36.7 Å². The zero-order valence-electron chi connectivity index (χ0n) is 15.2. The Labute approximate surface area is 152 Å². The molecule has 0 spiro atoms. The van der Waals surface area contributed by atoms with Crippen LogP contribution >= 0.6 is 0 Å². The van der Waals surface area contributed by atoms with Gasteiger partial charge in [-0.25, -0.2) is 15.0 Å². The fraction of sp³-hybridized carbons (Fsp3) is 0.400. The summed E-state index contributed by atoms with van der Waals surface area (Å²) in [5, 5.41) is 0. The Morgan fingerprint density at radius 1 is 1.19 bits per heavy atom. The highest BCUT2D eigenvalue weighted by molar-refractivity contribution is 5.78. The molecule has 1 fully saturated rings. The van der Waals surface area contributed by atoms with Crippen molar-refractivity contribution >= 4 is 16.9 Å². The average Bonchev–Trinajstić information content (AvgIpc) is 3.26. The predicted octanol–water partition coefficient (Wildman–Crippen LogP) is 2.85. The molecule has 1 aliphatic rings. The Morgan fingerprint density at radius 3 is 2.77 bits per heavy atom. The third kappa shape index (κ3) is 3.31. The summed E-state index contributed by atoms with van der Waals surface area (Å²) in [6.45, 7) is 6.13. The van der Waals surface area contributed by atoms with Crippen molar-refractivity contribution in [1.29, 1.82) is 0 Å². The molecule has 0 saturated carbocycles. The minimum Gasteiger partial charge on any atom is -0.342 e. The summed E-state index contributed by atoms with van der Waals surface area (Å²) < 4.78 is 2.05. The van der Waals surface area contributed by atoms with Gasteiger partial charge in [-0.1, -0.05) is 12.1 Å². The van der Waals surface area contributed by atoms with Crippen LogP contribution < -0.4 is 0 Å². The maximum Gasteiger partial charge on any atom is 0.224 e. The number of hydrogen-bond acceptors (Lipinski definition) is 4. The summed E-state index contributed by atoms with van der Waals surface area (Å²) in [7, 11) is 0. The number of amides is 1. The van der Waals surface area contributed by atoms with Crippen molar-refractivity contribution < 1.29 is 4.79 Å². The zero-order valence-corrected chi connectivity index (χ0v) is 15.2. The van der Waals surface area contributed by atoms with E-state index in [4.69, 9.17) is 0 Å². The van der Waals surface area contributed by atoms with Crippen LogP contribution in [0.25, 0.3) is 11.0 Å². The molecular formula is C20H23N5O. The van der Waals surface area contributed by atoms with Gasteiger partial charge in [0.05, 0.1) is 17.4 Å². The lowest BCUT2D eigenvalue weighted by Crippen LogP contribution is -2.29. The van der Waals surface area contributed by atoms with Crippen molar-refractivity contribution in [3.63, 3.8) is 0 Å². The minimum atomic E-state index is 0.189. The van der Waals surface area contributed by atoms with Gasteiger partial charge in [-0.2, -0.15) is 0 Å². The smallest absolute Gasteiger partial charge is 0.224 e. The number of benzene rings is 1. The van der Waals surface area contributed by atoms with Crippen LogP contribution in [-0.2, 0) is 11.3 Å². The van der Waals surface area contributed by atoms with Gasteiger partial charge in [0, 0.05) is 43.4 Å². The van der Waals surface area contributed by atoms with E-state index < -0.39 is 0 Å². The van der Waals surface area contributed by atoms with Crippen LogP contribution in [0.1, 0.15) is 36.0 Å². The van der Waals surface area contributed by atoms with Crippen LogP contribution in [0.2, 0.25) is 0 Å². The lowest BCUT2D eigenvalue weighted by molar-refractivity contribution is -0.130. The number of nitrogens with zero attached hydrogens (tertiary/aromatic N) is 5. The number of aryl methyl sites for hydroxylation is 3. The number of likely N-dealkylation sites (tertiary alicyclic amines) is 1. The molecule has 6 heteroatoms. The van der Waals surface area contributed by atoms with Crippen LogP contribution in [-0.4, -0.2) is 43.4 Å². The number of carbonyl (C=O) groups is 1. The Kier molecular flexibility index (Phi) is 4.41. The first-order valence-corrected chi connectivity index (χ1v) is 9.10. The molecular weight excluding hydrogens is 326 g/mol. The summed E-state index contributed by atoms with van der Waals surface area (Å²) in [5.41, 5.74) is 4.02. The van der Waals surface area contributed by atoms with Gasteiger partial charge < -0.3 is 9.47 Å². The topological polar surface area (TPSA) is 63.9 Å². The Bertz CT molecular complexity index is 928. The molecule has 3 heterocycles. The molecule has 6 nitrogen and oxygen atoms in total. The number of aromatic nitrogens is 4. The summed E-state index contributed by atoms with van der Waals surface area (Å²) in [5.74, 6) is 1.31. The van der Waals surface area contributed by atoms with E-state index >= 15 is 0 Å². The van der Waals surface area contributed by atoms with Crippen molar-refractivity contribution in [2.24, 2.45) is 0 Å². The van der Waals surface area contributed by atoms with Crippen molar-refractivity contribution in [2.45, 2.75) is 39.2 Å². The SMILES string of the molecule is Cc1cc(C)nc([C@@H]2CCN(C(=O)CCn3cnc4ccccc43)C2)n1. The van der Waals surface area contributed by atoms with Gasteiger partial charge in [-0.15, -0.1) is 0 Å². The molecule has 1 saturated heterocycles. The van der Waals surface area contributed by atoms with Gasteiger partial charge >= 0.3 is 0 Å². The molecule has 0 aliphatic carbocycles. The first kappa shape index (κ1) is 16.7. The molecule has 0 unspecified atom stereocenters. The second kappa shape index (κ2) is 6.86. The summed E-state index contributed by atoms with van der Waals surface area (Å²) in [6.07, 6.45) is 3.23. The molecule has 3 aromatic rings. The molecule has 1 amide bonds. The fourth-order valence-corrected chi connectivity index (χ4v) is 3.70. The summed E-state index contributed by atoms with van der Waals surface area (Å²) >= 11 is 0. The van der Waals surface area contributed by atoms with E-state index in [-0.39, 0.29) is 11.8 Å². The first-order chi connectivity index (χ1) is 12.6. The fourth-order valence-electron chi connectivity index (χ4n) is 3.70. The maximum atomic E-state index is 12.6. The third-order valence-electron chi connectivity index (χ3n) is 5.00. The first-order valence-electron chi connectivity index (χ1n) is 9.10. The number of rotatable bonds is 4. The van der Waals surface area contributed by atoms with E-state index in [9.17, 15) is 4.79 Å². The average molecular weight is 349 g/mol. The highest BCUT2D eigenvalue weighted by atomic mass is 16.2. The monoisotopic (exact) mass is 349 g/mol. The van der Waals surface area contributed by atoms with Crippen molar-refractivity contribution in [3.05, 3.63) is 53.9 Å². The van der Waals surface area contributed by atoms with Crippen molar-refractivity contribution in [3.8, 4) is 0 Å². The largest absolute Gasteiger partial charge is 0.342 e. The second-order valence-corrected chi connectivity index (χ2v) is 7.01. The van der Waals surface area contributed by atoms with Crippen LogP contribution in [0.5, 0.6) is 0 Å². The minimum absolute atomic E-state index is 0.189. The Balaban J connectivity index is 1.38. The van der Waals surface area contributed by atoms with E-state index in [0.29, 0.717) is 19.5 Å². The number of carbonyl (C=O) groups excluding carboxylic acids is 1. The van der Waals surface area contributed by atoms with Gasteiger partial charge in [0.25, 0.3) is 0 Å². The van der Waals surface area contributed by atoms with Crippen molar-refractivity contribution in [1.82, 2.24) is 24.4 Å². The quantitative estimate of drug-likeness (QED) is 0.726. The molecule has 1 aromatic carbocycles. The summed E-state index contributed by atoms with van der Waals surface area (Å²) in [4.78, 5) is 28.1. The Morgan fingerprint density at radius 2 is 1.96 bits per heavy atom. The highest BCUT2D eigenvalue weighted by Crippen LogP contribution is 2.25. The number of imidazole rings is 1. The second-order valence-electron chi connectivity index (χ2n) is 7.01. The highest BCUT2D eigenvalue weighted by Gasteiger charge is 2.29. The lowest BCUT2D eigenvalue weighted by Gasteiger charge is -2.17. The molecule has 1 atom stereocenters. The normalized spacial score (nSPS) is 17.2.